The van der Waals surface area contributed by atoms with Crippen molar-refractivity contribution in [1.29, 1.82) is 0 Å². The normalized spacial score (nSPS) is 20.8. The third-order valence-electron chi connectivity index (χ3n) is 1.72. The summed E-state index contributed by atoms with van der Waals surface area (Å²) in [6, 6.07) is -0.280. The Morgan fingerprint density at radius 3 is 3.00 bits per heavy atom. The Hall–Kier alpha value is -1.56. The van der Waals surface area contributed by atoms with Gasteiger partial charge in [0.25, 0.3) is 0 Å². The third-order valence-corrected chi connectivity index (χ3v) is 1.72. The highest BCUT2D eigenvalue weighted by molar-refractivity contribution is 5.77. The number of nitrogens with one attached hydrogen (secondary N) is 3. The van der Waals surface area contributed by atoms with Gasteiger partial charge < -0.3 is 15.7 Å². The zero-order chi connectivity index (χ0) is 10.6. The van der Waals surface area contributed by atoms with Crippen molar-refractivity contribution in [2.24, 2.45) is 0 Å². The highest BCUT2D eigenvalue weighted by atomic mass is 16.4. The lowest BCUT2D eigenvalue weighted by atomic mass is 10.3. The Balaban J connectivity index is 2.34. The second-order valence-corrected chi connectivity index (χ2v) is 3.02. The van der Waals surface area contributed by atoms with E-state index in [2.05, 4.69) is 16.0 Å². The van der Waals surface area contributed by atoms with Gasteiger partial charge in [-0.15, -0.1) is 0 Å². The van der Waals surface area contributed by atoms with Gasteiger partial charge in [0, 0.05) is 12.2 Å². The average Bonchev–Trinajstić information content (AvgIpc) is 2.01. The van der Waals surface area contributed by atoms with Crippen molar-refractivity contribution in [2.75, 3.05) is 6.54 Å². The number of amides is 2. The molecule has 0 aromatic heterocycles. The molecule has 0 aromatic rings. The molecule has 0 fully saturated rings. The molecule has 1 aliphatic rings. The van der Waals surface area contributed by atoms with Crippen LogP contribution in [-0.4, -0.2) is 29.8 Å². The molecular formula is C8H13N3O3. The number of hydrogen-bond donors (Lipinski definition) is 4. The molecule has 0 saturated carbocycles. The van der Waals surface area contributed by atoms with Crippen molar-refractivity contribution in [2.45, 2.75) is 19.5 Å². The number of hydrogen-bond acceptors (Lipinski definition) is 3. The van der Waals surface area contributed by atoms with Crippen LogP contribution in [-0.2, 0) is 4.79 Å². The van der Waals surface area contributed by atoms with E-state index in [4.69, 9.17) is 5.11 Å². The van der Waals surface area contributed by atoms with Crippen molar-refractivity contribution in [3.63, 3.8) is 0 Å². The molecule has 2 amide bonds. The standard InChI is InChI=1S/C8H13N3O3/c1-5-4-6(11-8(14)10-5)9-3-2-7(12)13/h4,6,9H,2-3H2,1H3,(H,12,13)(H2,10,11,14)/t6-/m0/s1. The summed E-state index contributed by atoms with van der Waals surface area (Å²) in [4.78, 5) is 21.2. The molecule has 78 valence electrons. The molecular weight excluding hydrogens is 186 g/mol. The van der Waals surface area contributed by atoms with Crippen LogP contribution >= 0.6 is 0 Å². The quantitative estimate of drug-likeness (QED) is 0.495. The molecule has 6 nitrogen and oxygen atoms in total. The van der Waals surface area contributed by atoms with Gasteiger partial charge in [-0.1, -0.05) is 0 Å². The summed E-state index contributed by atoms with van der Waals surface area (Å²) >= 11 is 0. The van der Waals surface area contributed by atoms with Crippen molar-refractivity contribution in [3.8, 4) is 0 Å². The van der Waals surface area contributed by atoms with Gasteiger partial charge in [-0.05, 0) is 13.0 Å². The summed E-state index contributed by atoms with van der Waals surface area (Å²) in [7, 11) is 0. The predicted octanol–water partition coefficient (Wildman–Crippen LogP) is -0.407. The molecule has 0 spiro atoms. The van der Waals surface area contributed by atoms with E-state index in [-0.39, 0.29) is 18.6 Å². The van der Waals surface area contributed by atoms with Gasteiger partial charge in [-0.3, -0.25) is 10.1 Å². The summed E-state index contributed by atoms with van der Waals surface area (Å²) in [5, 5.41) is 16.4. The molecule has 1 atom stereocenters. The van der Waals surface area contributed by atoms with Crippen LogP contribution in [0.25, 0.3) is 0 Å². The van der Waals surface area contributed by atoms with Crippen LogP contribution in [0.15, 0.2) is 11.8 Å². The maximum Gasteiger partial charge on any atom is 0.320 e. The van der Waals surface area contributed by atoms with Gasteiger partial charge in [0.1, 0.15) is 6.17 Å². The highest BCUT2D eigenvalue weighted by Crippen LogP contribution is 1.96. The Bertz CT molecular complexity index is 275. The van der Waals surface area contributed by atoms with Gasteiger partial charge in [0.15, 0.2) is 0 Å². The van der Waals surface area contributed by atoms with E-state index in [0.29, 0.717) is 6.54 Å². The first kappa shape index (κ1) is 10.5. The molecule has 1 aliphatic heterocycles. The fourth-order valence-electron chi connectivity index (χ4n) is 1.13. The fourth-order valence-corrected chi connectivity index (χ4v) is 1.13. The van der Waals surface area contributed by atoms with E-state index in [1.165, 1.54) is 0 Å². The van der Waals surface area contributed by atoms with E-state index < -0.39 is 5.97 Å². The molecule has 0 aliphatic carbocycles. The van der Waals surface area contributed by atoms with Crippen LogP contribution in [0.1, 0.15) is 13.3 Å². The van der Waals surface area contributed by atoms with E-state index in [1.54, 1.807) is 13.0 Å². The van der Waals surface area contributed by atoms with Gasteiger partial charge >= 0.3 is 12.0 Å². The van der Waals surface area contributed by atoms with E-state index in [9.17, 15) is 9.59 Å². The molecule has 6 heteroatoms. The van der Waals surface area contributed by atoms with Crippen molar-refractivity contribution in [1.82, 2.24) is 16.0 Å². The minimum atomic E-state index is -0.863. The van der Waals surface area contributed by atoms with Gasteiger partial charge in [-0.2, -0.15) is 0 Å². The van der Waals surface area contributed by atoms with Crippen molar-refractivity contribution in [3.05, 3.63) is 11.8 Å². The Morgan fingerprint density at radius 1 is 1.71 bits per heavy atom. The Morgan fingerprint density at radius 2 is 2.43 bits per heavy atom. The zero-order valence-corrected chi connectivity index (χ0v) is 7.83. The first-order chi connectivity index (χ1) is 6.58. The first-order valence-electron chi connectivity index (χ1n) is 4.29. The summed E-state index contributed by atoms with van der Waals surface area (Å²) < 4.78 is 0. The lowest BCUT2D eigenvalue weighted by Gasteiger charge is -2.22. The second kappa shape index (κ2) is 4.61. The molecule has 1 rings (SSSR count). The van der Waals surface area contributed by atoms with Crippen LogP contribution in [0.5, 0.6) is 0 Å². The molecule has 0 aromatic carbocycles. The maximum absolute atomic E-state index is 11.0. The minimum absolute atomic E-state index is 0.0344. The Labute approximate surface area is 81.4 Å². The molecule has 1 heterocycles. The number of carboxylic acids is 1. The van der Waals surface area contributed by atoms with Crippen molar-refractivity contribution >= 4 is 12.0 Å². The Kier molecular flexibility index (Phi) is 3.47. The predicted molar refractivity (Wildman–Crippen MR) is 49.5 cm³/mol. The highest BCUT2D eigenvalue weighted by Gasteiger charge is 2.14. The van der Waals surface area contributed by atoms with Crippen LogP contribution in [0.2, 0.25) is 0 Å². The topological polar surface area (TPSA) is 90.5 Å². The molecule has 0 saturated heterocycles. The van der Waals surface area contributed by atoms with E-state index in [0.717, 1.165) is 5.70 Å². The zero-order valence-electron chi connectivity index (χ0n) is 7.83. The summed E-state index contributed by atoms with van der Waals surface area (Å²) in [5.74, 6) is -0.863. The van der Waals surface area contributed by atoms with Crippen LogP contribution in [0.4, 0.5) is 4.79 Å². The van der Waals surface area contributed by atoms with E-state index in [1.807, 2.05) is 0 Å². The molecule has 0 unspecified atom stereocenters. The minimum Gasteiger partial charge on any atom is -0.481 e. The van der Waals surface area contributed by atoms with Crippen molar-refractivity contribution < 1.29 is 14.7 Å². The molecule has 14 heavy (non-hydrogen) atoms. The van der Waals surface area contributed by atoms with E-state index >= 15 is 0 Å². The third kappa shape index (κ3) is 3.44. The summed E-state index contributed by atoms with van der Waals surface area (Å²) in [6.07, 6.45) is 1.53. The van der Waals surface area contributed by atoms with Gasteiger partial charge in [0.05, 0.1) is 6.42 Å². The fraction of sp³-hybridized carbons (Fsp3) is 0.500. The largest absolute Gasteiger partial charge is 0.481 e. The lowest BCUT2D eigenvalue weighted by Crippen LogP contribution is -2.52. The summed E-state index contributed by atoms with van der Waals surface area (Å²) in [6.45, 7) is 2.09. The first-order valence-corrected chi connectivity index (χ1v) is 4.29. The van der Waals surface area contributed by atoms with Gasteiger partial charge in [0.2, 0.25) is 0 Å². The van der Waals surface area contributed by atoms with Crippen LogP contribution in [0, 0.1) is 0 Å². The SMILES string of the molecule is CC1=C[C@@H](NCCC(=O)O)NC(=O)N1. The van der Waals surface area contributed by atoms with Crippen LogP contribution < -0.4 is 16.0 Å². The average molecular weight is 199 g/mol. The summed E-state index contributed by atoms with van der Waals surface area (Å²) in [5.41, 5.74) is 0.751. The number of allylic oxidation sites excluding steroid dienone is 1. The monoisotopic (exact) mass is 199 g/mol. The number of rotatable bonds is 4. The number of carboxylic acid groups (broad SMARTS) is 1. The number of carbonyl (C=O) groups excluding carboxylic acids is 1. The maximum atomic E-state index is 11.0. The smallest absolute Gasteiger partial charge is 0.320 e. The van der Waals surface area contributed by atoms with Crippen LogP contribution in [0.3, 0.4) is 0 Å². The van der Waals surface area contributed by atoms with Gasteiger partial charge in [-0.25, -0.2) is 4.79 Å². The molecule has 0 bridgehead atoms. The molecule has 4 N–H and O–H groups in total. The number of carbonyl (C=O) groups is 2. The number of aliphatic carboxylic acids is 1. The molecule has 0 radical (unpaired) electrons. The second-order valence-electron chi connectivity index (χ2n) is 3.02. The number of urea groups is 1. The lowest BCUT2D eigenvalue weighted by molar-refractivity contribution is -0.136.